The molecule has 0 bridgehead atoms. The molecule has 1 aliphatic heterocycles. The molecule has 0 spiro atoms. The Hall–Kier alpha value is -3.90. The van der Waals surface area contributed by atoms with Gasteiger partial charge in [-0.1, -0.05) is 24.3 Å². The number of fused-ring (bicyclic) bond motifs is 1. The van der Waals surface area contributed by atoms with Gasteiger partial charge in [0.15, 0.2) is 0 Å². The topological polar surface area (TPSA) is 118 Å². The third kappa shape index (κ3) is 5.92. The number of carboxylic acids is 1. The number of halogens is 3. The largest absolute Gasteiger partial charge is 0.473 e. The van der Waals surface area contributed by atoms with Gasteiger partial charge in [0.05, 0.1) is 18.3 Å². The average Bonchev–Trinajstić information content (AvgIpc) is 3.31. The summed E-state index contributed by atoms with van der Waals surface area (Å²) in [5.74, 6) is -3.09. The molecule has 0 saturated carbocycles. The van der Waals surface area contributed by atoms with Crippen molar-refractivity contribution in [3.05, 3.63) is 64.4 Å². The van der Waals surface area contributed by atoms with Crippen LogP contribution in [0.5, 0.6) is 0 Å². The van der Waals surface area contributed by atoms with Crippen LogP contribution < -0.4 is 10.5 Å². The number of ether oxygens (including phenoxy) is 3. The number of pyridine rings is 1. The molecular weight excluding hydrogens is 497 g/mol. The molecule has 37 heavy (non-hydrogen) atoms. The van der Waals surface area contributed by atoms with E-state index in [0.29, 0.717) is 23.0 Å². The molecule has 9 nitrogen and oxygen atoms in total. The second-order valence-corrected chi connectivity index (χ2v) is 8.49. The second kappa shape index (κ2) is 10.6. The number of H-pyrrole nitrogens is 1. The minimum absolute atomic E-state index is 0.00989. The van der Waals surface area contributed by atoms with Crippen LogP contribution in [0.1, 0.15) is 12.0 Å². The fourth-order valence-corrected chi connectivity index (χ4v) is 4.26. The summed E-state index contributed by atoms with van der Waals surface area (Å²) >= 11 is 0. The third-order valence-electron chi connectivity index (χ3n) is 5.93. The number of rotatable bonds is 7. The number of esters is 1. The van der Waals surface area contributed by atoms with Crippen LogP contribution in [0.15, 0.2) is 53.3 Å². The van der Waals surface area contributed by atoms with E-state index in [1.54, 1.807) is 18.2 Å². The molecule has 1 aromatic heterocycles. The molecule has 0 amide bonds. The molecule has 2 heterocycles. The zero-order valence-electron chi connectivity index (χ0n) is 19.6. The first-order valence-corrected chi connectivity index (χ1v) is 11.2. The standard InChI is InChI=1S/C25H23F3N2O7/c1-35-12-17(37-24(34)23(32)33)10-16-11-30(13-36-16)15-7-6-14-8-21(29-22(31)19(14)9-15)18-4-2-3-5-20(18)25(26,27)28/h2-9,16-17H,10-13H2,1H3,(H,29,31)(H,32,33)/t16-,17?/m0/s1. The van der Waals surface area contributed by atoms with Crippen molar-refractivity contribution in [3.8, 4) is 11.3 Å². The number of methoxy groups -OCH3 is 1. The zero-order valence-corrected chi connectivity index (χ0v) is 19.6. The highest BCUT2D eigenvalue weighted by molar-refractivity contribution is 6.28. The first kappa shape index (κ1) is 26.2. The minimum atomic E-state index is -4.58. The predicted octanol–water partition coefficient (Wildman–Crippen LogP) is 3.41. The molecule has 4 rings (SSSR count). The Morgan fingerprint density at radius 1 is 1.22 bits per heavy atom. The van der Waals surface area contributed by atoms with E-state index in [1.165, 1.54) is 31.4 Å². The van der Waals surface area contributed by atoms with Crippen LogP contribution in [0.4, 0.5) is 18.9 Å². The van der Waals surface area contributed by atoms with Crippen molar-refractivity contribution in [2.45, 2.75) is 24.8 Å². The number of alkyl halides is 3. The fraction of sp³-hybridized carbons (Fsp3) is 0.320. The Labute approximate surface area is 208 Å². The van der Waals surface area contributed by atoms with Gasteiger partial charge in [0.25, 0.3) is 5.56 Å². The molecule has 2 N–H and O–H groups in total. The number of nitrogens with zero attached hydrogens (tertiary/aromatic N) is 1. The Morgan fingerprint density at radius 3 is 2.68 bits per heavy atom. The number of anilines is 1. The van der Waals surface area contributed by atoms with Gasteiger partial charge in [-0.15, -0.1) is 0 Å². The molecule has 2 aromatic carbocycles. The lowest BCUT2D eigenvalue weighted by atomic mass is 10.0. The second-order valence-electron chi connectivity index (χ2n) is 8.49. The number of hydrogen-bond donors (Lipinski definition) is 2. The SMILES string of the molecule is COCC(C[C@H]1CN(c2ccc3cc(-c4ccccc4C(F)(F)F)[nH]c(=O)c3c2)CO1)OC(=O)C(=O)O. The summed E-state index contributed by atoms with van der Waals surface area (Å²) in [7, 11) is 1.39. The monoisotopic (exact) mass is 520 g/mol. The van der Waals surface area contributed by atoms with E-state index in [0.717, 1.165) is 6.07 Å². The van der Waals surface area contributed by atoms with Gasteiger partial charge in [-0.05, 0) is 29.7 Å². The Kier molecular flexibility index (Phi) is 7.50. The molecule has 1 unspecified atom stereocenters. The van der Waals surface area contributed by atoms with Gasteiger partial charge in [0, 0.05) is 42.4 Å². The van der Waals surface area contributed by atoms with Crippen LogP contribution in [0.25, 0.3) is 22.0 Å². The smallest absolute Gasteiger partial charge is 0.417 e. The number of aromatic nitrogens is 1. The van der Waals surface area contributed by atoms with Gasteiger partial charge in [-0.25, -0.2) is 9.59 Å². The fourth-order valence-electron chi connectivity index (χ4n) is 4.26. The molecule has 2 atom stereocenters. The molecule has 0 radical (unpaired) electrons. The number of carbonyl (C=O) groups is 2. The summed E-state index contributed by atoms with van der Waals surface area (Å²) in [5.41, 5.74) is -0.799. The third-order valence-corrected chi connectivity index (χ3v) is 5.93. The van der Waals surface area contributed by atoms with Crippen LogP contribution in [0.3, 0.4) is 0 Å². The van der Waals surface area contributed by atoms with Crippen molar-refractivity contribution in [2.75, 3.05) is 31.9 Å². The molecule has 1 saturated heterocycles. The maximum Gasteiger partial charge on any atom is 0.417 e. The molecule has 1 aliphatic rings. The van der Waals surface area contributed by atoms with Crippen molar-refractivity contribution >= 4 is 28.4 Å². The van der Waals surface area contributed by atoms with Crippen molar-refractivity contribution in [1.29, 1.82) is 0 Å². The molecule has 196 valence electrons. The lowest BCUT2D eigenvalue weighted by Crippen LogP contribution is -2.32. The van der Waals surface area contributed by atoms with Gasteiger partial charge in [-0.3, -0.25) is 4.79 Å². The highest BCUT2D eigenvalue weighted by Gasteiger charge is 2.34. The van der Waals surface area contributed by atoms with Crippen LogP contribution in [0, 0.1) is 0 Å². The molecular formula is C25H23F3N2O7. The number of carbonyl (C=O) groups excluding carboxylic acids is 1. The molecule has 12 heteroatoms. The van der Waals surface area contributed by atoms with Crippen molar-refractivity contribution in [1.82, 2.24) is 4.98 Å². The summed E-state index contributed by atoms with van der Waals surface area (Å²) in [6.45, 7) is 0.521. The normalized spacial score (nSPS) is 16.6. The minimum Gasteiger partial charge on any atom is -0.473 e. The average molecular weight is 520 g/mol. The number of aromatic amines is 1. The quantitative estimate of drug-likeness (QED) is 0.360. The van der Waals surface area contributed by atoms with E-state index in [9.17, 15) is 27.6 Å². The first-order valence-electron chi connectivity index (χ1n) is 11.2. The molecule has 0 aliphatic carbocycles. The predicted molar refractivity (Wildman–Crippen MR) is 126 cm³/mol. The lowest BCUT2D eigenvalue weighted by molar-refractivity contribution is -0.170. The van der Waals surface area contributed by atoms with Crippen molar-refractivity contribution in [3.63, 3.8) is 0 Å². The van der Waals surface area contributed by atoms with Crippen LogP contribution >= 0.6 is 0 Å². The number of aliphatic carboxylic acids is 1. The van der Waals surface area contributed by atoms with Gasteiger partial charge in [0.1, 0.15) is 12.8 Å². The van der Waals surface area contributed by atoms with E-state index in [1.807, 2.05) is 4.90 Å². The van der Waals surface area contributed by atoms with Crippen LogP contribution in [-0.2, 0) is 30.0 Å². The molecule has 1 fully saturated rings. The summed E-state index contributed by atoms with van der Waals surface area (Å²) in [4.78, 5) is 39.4. The number of benzene rings is 2. The van der Waals surface area contributed by atoms with Gasteiger partial charge in [0.2, 0.25) is 0 Å². The summed E-state index contributed by atoms with van der Waals surface area (Å²) in [6, 6.07) is 11.5. The van der Waals surface area contributed by atoms with Gasteiger partial charge < -0.3 is 29.2 Å². The lowest BCUT2D eigenvalue weighted by Gasteiger charge is -2.20. The van der Waals surface area contributed by atoms with Crippen molar-refractivity contribution in [2.24, 2.45) is 0 Å². The highest BCUT2D eigenvalue weighted by atomic mass is 19.4. The number of carboxylic acid groups (broad SMARTS) is 1. The maximum atomic E-state index is 13.5. The van der Waals surface area contributed by atoms with Crippen molar-refractivity contribution < 1.29 is 42.1 Å². The Bertz CT molecular complexity index is 1370. The summed E-state index contributed by atoms with van der Waals surface area (Å²) in [6.07, 6.45) is -5.61. The van der Waals surface area contributed by atoms with Crippen LogP contribution in [0.2, 0.25) is 0 Å². The first-order chi connectivity index (χ1) is 17.6. The Morgan fingerprint density at radius 2 is 1.97 bits per heavy atom. The number of hydrogen-bond acceptors (Lipinski definition) is 7. The summed E-state index contributed by atoms with van der Waals surface area (Å²) in [5, 5.41) is 9.52. The van der Waals surface area contributed by atoms with Gasteiger partial charge >= 0.3 is 18.1 Å². The zero-order chi connectivity index (χ0) is 26.7. The number of nitrogens with one attached hydrogen (secondary N) is 1. The Balaban J connectivity index is 1.54. The molecule has 3 aromatic rings. The van der Waals surface area contributed by atoms with E-state index in [4.69, 9.17) is 19.3 Å². The van der Waals surface area contributed by atoms with E-state index >= 15 is 0 Å². The van der Waals surface area contributed by atoms with Crippen LogP contribution in [-0.4, -0.2) is 61.2 Å². The van der Waals surface area contributed by atoms with E-state index < -0.39 is 41.4 Å². The van der Waals surface area contributed by atoms with E-state index in [2.05, 4.69) is 4.98 Å². The van der Waals surface area contributed by atoms with Gasteiger partial charge in [-0.2, -0.15) is 13.2 Å². The maximum absolute atomic E-state index is 13.5. The van der Waals surface area contributed by atoms with E-state index in [-0.39, 0.29) is 31.0 Å². The summed E-state index contributed by atoms with van der Waals surface area (Å²) < 4.78 is 56.0. The highest BCUT2D eigenvalue weighted by Crippen LogP contribution is 2.36.